The van der Waals surface area contributed by atoms with Crippen LogP contribution in [0, 0.1) is 5.92 Å². The fraction of sp³-hybridized carbons (Fsp3) is 1.00. The highest BCUT2D eigenvalue weighted by Gasteiger charge is 2.42. The van der Waals surface area contributed by atoms with Crippen LogP contribution in [-0.4, -0.2) is 20.1 Å². The fourth-order valence-electron chi connectivity index (χ4n) is 1.29. The molecule has 0 atom stereocenters. The topological polar surface area (TPSA) is 34.1 Å². The predicted molar refractivity (Wildman–Crippen MR) is 46.5 cm³/mol. The van der Waals surface area contributed by atoms with Crippen LogP contribution in [0.4, 0.5) is 8.78 Å². The SMILES string of the molecule is O=S(=O)(Cl)CCC(F)(F)C1CCC1. The minimum absolute atomic E-state index is 0.495. The van der Waals surface area contributed by atoms with Crippen LogP contribution in [0.5, 0.6) is 0 Å². The van der Waals surface area contributed by atoms with Gasteiger partial charge >= 0.3 is 0 Å². The van der Waals surface area contributed by atoms with E-state index in [9.17, 15) is 17.2 Å². The third kappa shape index (κ3) is 3.38. The lowest BCUT2D eigenvalue weighted by atomic mass is 9.79. The highest BCUT2D eigenvalue weighted by molar-refractivity contribution is 8.13. The average molecular weight is 233 g/mol. The normalized spacial score (nSPS) is 19.9. The first-order valence-corrected chi connectivity index (χ1v) is 6.59. The van der Waals surface area contributed by atoms with Gasteiger partial charge in [-0.3, -0.25) is 0 Å². The lowest BCUT2D eigenvalue weighted by Crippen LogP contribution is -2.34. The van der Waals surface area contributed by atoms with Crippen molar-refractivity contribution in [2.75, 3.05) is 5.75 Å². The van der Waals surface area contributed by atoms with Crippen molar-refractivity contribution in [3.8, 4) is 0 Å². The number of hydrogen-bond donors (Lipinski definition) is 0. The molecule has 0 amide bonds. The number of rotatable bonds is 4. The Labute approximate surface area is 80.7 Å². The van der Waals surface area contributed by atoms with Crippen LogP contribution in [0.2, 0.25) is 0 Å². The van der Waals surface area contributed by atoms with Gasteiger partial charge in [0.1, 0.15) is 0 Å². The van der Waals surface area contributed by atoms with Gasteiger partial charge in [-0.05, 0) is 12.8 Å². The fourth-order valence-corrected chi connectivity index (χ4v) is 2.04. The van der Waals surface area contributed by atoms with Gasteiger partial charge < -0.3 is 0 Å². The van der Waals surface area contributed by atoms with E-state index in [1.54, 1.807) is 0 Å². The van der Waals surface area contributed by atoms with Crippen LogP contribution in [0.15, 0.2) is 0 Å². The third-order valence-corrected chi connectivity index (χ3v) is 3.54. The summed E-state index contributed by atoms with van der Waals surface area (Å²) in [6, 6.07) is 0. The number of alkyl halides is 2. The summed E-state index contributed by atoms with van der Waals surface area (Å²) in [5.74, 6) is -4.14. The minimum atomic E-state index is -3.78. The second-order valence-electron chi connectivity index (χ2n) is 3.38. The van der Waals surface area contributed by atoms with Gasteiger partial charge in [-0.2, -0.15) is 0 Å². The quantitative estimate of drug-likeness (QED) is 0.698. The highest BCUT2D eigenvalue weighted by Crippen LogP contribution is 2.42. The smallest absolute Gasteiger partial charge is 0.212 e. The summed E-state index contributed by atoms with van der Waals surface area (Å²) >= 11 is 0. The molecule has 0 aliphatic heterocycles. The van der Waals surface area contributed by atoms with Gasteiger partial charge in [0.25, 0.3) is 5.92 Å². The van der Waals surface area contributed by atoms with Gasteiger partial charge in [0.15, 0.2) is 0 Å². The zero-order valence-electron chi connectivity index (χ0n) is 6.97. The van der Waals surface area contributed by atoms with Crippen molar-refractivity contribution in [1.82, 2.24) is 0 Å². The van der Waals surface area contributed by atoms with Gasteiger partial charge in [0.05, 0.1) is 5.75 Å². The maximum atomic E-state index is 13.1. The zero-order chi connectivity index (χ0) is 10.1. The second-order valence-corrected chi connectivity index (χ2v) is 6.28. The lowest BCUT2D eigenvalue weighted by Gasteiger charge is -2.33. The summed E-state index contributed by atoms with van der Waals surface area (Å²) < 4.78 is 47.0. The minimum Gasteiger partial charge on any atom is -0.212 e. The molecular formula is C7H11ClF2O2S. The van der Waals surface area contributed by atoms with E-state index in [0.717, 1.165) is 6.42 Å². The molecule has 0 saturated heterocycles. The van der Waals surface area contributed by atoms with Crippen LogP contribution in [0.25, 0.3) is 0 Å². The van der Waals surface area contributed by atoms with E-state index < -0.39 is 33.1 Å². The molecule has 1 rings (SSSR count). The maximum Gasteiger partial charge on any atom is 0.251 e. The first kappa shape index (κ1) is 11.2. The molecule has 0 radical (unpaired) electrons. The van der Waals surface area contributed by atoms with Crippen molar-refractivity contribution in [2.24, 2.45) is 5.92 Å². The Kier molecular flexibility index (Phi) is 3.17. The summed E-state index contributed by atoms with van der Waals surface area (Å²) in [4.78, 5) is 0. The van der Waals surface area contributed by atoms with Crippen molar-refractivity contribution in [3.05, 3.63) is 0 Å². The molecule has 0 aromatic heterocycles. The van der Waals surface area contributed by atoms with Crippen LogP contribution < -0.4 is 0 Å². The first-order valence-electron chi connectivity index (χ1n) is 4.11. The standard InChI is InChI=1S/C7H11ClF2O2S/c8-13(11,12)5-4-7(9,10)6-2-1-3-6/h6H,1-5H2. The summed E-state index contributed by atoms with van der Waals surface area (Å²) in [5.41, 5.74) is 0. The molecule has 1 fully saturated rings. The van der Waals surface area contributed by atoms with E-state index >= 15 is 0 Å². The van der Waals surface area contributed by atoms with Crippen LogP contribution in [0.1, 0.15) is 25.7 Å². The number of halogens is 3. The molecule has 1 saturated carbocycles. The monoisotopic (exact) mass is 232 g/mol. The van der Waals surface area contributed by atoms with Gasteiger partial charge in [0.2, 0.25) is 9.05 Å². The van der Waals surface area contributed by atoms with Crippen LogP contribution in [-0.2, 0) is 9.05 Å². The largest absolute Gasteiger partial charge is 0.251 e. The molecule has 0 aromatic carbocycles. The summed E-state index contributed by atoms with van der Waals surface area (Å²) in [6.45, 7) is 0. The van der Waals surface area contributed by atoms with E-state index in [-0.39, 0.29) is 0 Å². The Morgan fingerprint density at radius 3 is 2.23 bits per heavy atom. The van der Waals surface area contributed by atoms with Crippen molar-refractivity contribution in [3.63, 3.8) is 0 Å². The molecule has 6 heteroatoms. The van der Waals surface area contributed by atoms with Gasteiger partial charge in [-0.25, -0.2) is 17.2 Å². The van der Waals surface area contributed by atoms with Gasteiger partial charge in [-0.15, -0.1) is 0 Å². The zero-order valence-corrected chi connectivity index (χ0v) is 8.54. The van der Waals surface area contributed by atoms with E-state index in [4.69, 9.17) is 10.7 Å². The van der Waals surface area contributed by atoms with Crippen molar-refractivity contribution >= 4 is 19.7 Å². The van der Waals surface area contributed by atoms with Gasteiger partial charge in [-0.1, -0.05) is 6.42 Å². The van der Waals surface area contributed by atoms with Crippen molar-refractivity contribution in [1.29, 1.82) is 0 Å². The van der Waals surface area contributed by atoms with Crippen molar-refractivity contribution < 1.29 is 17.2 Å². The van der Waals surface area contributed by atoms with Gasteiger partial charge in [0, 0.05) is 23.0 Å². The Bertz CT molecular complexity index is 272. The summed E-state index contributed by atoms with van der Waals surface area (Å²) in [5, 5.41) is 0. The summed E-state index contributed by atoms with van der Waals surface area (Å²) in [6.07, 6.45) is 1.15. The lowest BCUT2D eigenvalue weighted by molar-refractivity contribution is -0.0887. The predicted octanol–water partition coefficient (Wildman–Crippen LogP) is 2.38. The number of hydrogen-bond acceptors (Lipinski definition) is 2. The maximum absolute atomic E-state index is 13.1. The molecule has 1 aliphatic rings. The molecule has 0 N–H and O–H groups in total. The Morgan fingerprint density at radius 1 is 1.38 bits per heavy atom. The Balaban J connectivity index is 2.42. The van der Waals surface area contributed by atoms with E-state index in [2.05, 4.69) is 0 Å². The molecule has 1 aliphatic carbocycles. The molecule has 0 unspecified atom stereocenters. The van der Waals surface area contributed by atoms with Crippen molar-refractivity contribution in [2.45, 2.75) is 31.6 Å². The molecule has 78 valence electrons. The molecule has 0 spiro atoms. The Morgan fingerprint density at radius 2 is 1.92 bits per heavy atom. The first-order chi connectivity index (χ1) is 5.81. The third-order valence-electron chi connectivity index (χ3n) is 2.38. The van der Waals surface area contributed by atoms with E-state index in [1.165, 1.54) is 0 Å². The average Bonchev–Trinajstić information content (AvgIpc) is 1.77. The van der Waals surface area contributed by atoms with E-state index in [0.29, 0.717) is 12.8 Å². The molecule has 13 heavy (non-hydrogen) atoms. The second kappa shape index (κ2) is 3.69. The van der Waals surface area contributed by atoms with Crippen LogP contribution >= 0.6 is 10.7 Å². The highest BCUT2D eigenvalue weighted by atomic mass is 35.7. The molecule has 0 aromatic rings. The molecule has 2 nitrogen and oxygen atoms in total. The Hall–Kier alpha value is 0.1000. The van der Waals surface area contributed by atoms with E-state index in [1.807, 2.05) is 0 Å². The summed E-state index contributed by atoms with van der Waals surface area (Å²) in [7, 11) is 1.06. The molecule has 0 bridgehead atoms. The molecule has 0 heterocycles. The molecular weight excluding hydrogens is 222 g/mol. The van der Waals surface area contributed by atoms with Crippen LogP contribution in [0.3, 0.4) is 0 Å².